The molecule has 1 aliphatic heterocycles. The van der Waals surface area contributed by atoms with Crippen LogP contribution in [0.3, 0.4) is 0 Å². The molecule has 1 saturated carbocycles. The molecule has 3 heteroatoms. The minimum absolute atomic E-state index is 0.689. The summed E-state index contributed by atoms with van der Waals surface area (Å²) in [5, 5.41) is 3.64. The van der Waals surface area contributed by atoms with Crippen molar-refractivity contribution in [2.75, 3.05) is 31.1 Å². The van der Waals surface area contributed by atoms with Gasteiger partial charge in [0.1, 0.15) is 0 Å². The highest BCUT2D eigenvalue weighted by molar-refractivity contribution is 7.99. The fourth-order valence-corrected chi connectivity index (χ4v) is 3.34. The number of hydrogen-bond donors (Lipinski definition) is 1. The van der Waals surface area contributed by atoms with Crippen LogP contribution >= 0.6 is 11.8 Å². The summed E-state index contributed by atoms with van der Waals surface area (Å²) >= 11 is 2.08. The largest absolute Gasteiger partial charge is 0.311 e. The molecule has 16 heavy (non-hydrogen) atoms. The Bertz CT molecular complexity index is 206. The van der Waals surface area contributed by atoms with Crippen molar-refractivity contribution < 1.29 is 0 Å². The van der Waals surface area contributed by atoms with Crippen molar-refractivity contribution in [1.82, 2.24) is 10.2 Å². The van der Waals surface area contributed by atoms with Gasteiger partial charge >= 0.3 is 0 Å². The third-order valence-electron chi connectivity index (χ3n) is 3.76. The monoisotopic (exact) mass is 242 g/mol. The Kier molecular flexibility index (Phi) is 4.98. The standard InChI is InChI=1S/C13H26N2S/c1-3-16-8-4-7-15-10-11(2)14-9-13(15)12-5-6-12/h11-14H,3-10H2,1-2H3. The molecule has 2 nitrogen and oxygen atoms in total. The Morgan fingerprint density at radius 3 is 2.88 bits per heavy atom. The molecular formula is C13H26N2S. The van der Waals surface area contributed by atoms with E-state index in [2.05, 4.69) is 35.8 Å². The van der Waals surface area contributed by atoms with Crippen molar-refractivity contribution in [2.24, 2.45) is 5.92 Å². The number of hydrogen-bond acceptors (Lipinski definition) is 3. The van der Waals surface area contributed by atoms with Gasteiger partial charge in [-0.3, -0.25) is 4.90 Å². The second-order valence-corrected chi connectivity index (χ2v) is 6.65. The summed E-state index contributed by atoms with van der Waals surface area (Å²) in [5.74, 6) is 3.62. The highest BCUT2D eigenvalue weighted by atomic mass is 32.2. The number of thioether (sulfide) groups is 1. The topological polar surface area (TPSA) is 15.3 Å². The van der Waals surface area contributed by atoms with Crippen LogP contribution in [0, 0.1) is 5.92 Å². The zero-order valence-corrected chi connectivity index (χ0v) is 11.6. The van der Waals surface area contributed by atoms with Crippen LogP contribution in [0.4, 0.5) is 0 Å². The Labute approximate surface area is 105 Å². The van der Waals surface area contributed by atoms with E-state index in [1.54, 1.807) is 0 Å². The molecule has 2 atom stereocenters. The van der Waals surface area contributed by atoms with Gasteiger partial charge in [0.15, 0.2) is 0 Å². The van der Waals surface area contributed by atoms with Gasteiger partial charge in [-0.05, 0) is 50.2 Å². The van der Waals surface area contributed by atoms with Gasteiger partial charge in [0.05, 0.1) is 0 Å². The fourth-order valence-electron chi connectivity index (χ4n) is 2.72. The van der Waals surface area contributed by atoms with Crippen molar-refractivity contribution in [2.45, 2.75) is 45.2 Å². The van der Waals surface area contributed by atoms with Gasteiger partial charge in [0, 0.05) is 25.2 Å². The van der Waals surface area contributed by atoms with Crippen LogP contribution < -0.4 is 5.32 Å². The number of nitrogens with zero attached hydrogens (tertiary/aromatic N) is 1. The molecule has 0 radical (unpaired) electrons. The van der Waals surface area contributed by atoms with E-state index in [0.717, 1.165) is 12.0 Å². The Hall–Kier alpha value is 0.270. The van der Waals surface area contributed by atoms with Gasteiger partial charge in [0.25, 0.3) is 0 Å². The van der Waals surface area contributed by atoms with Gasteiger partial charge in [0.2, 0.25) is 0 Å². The molecule has 2 aliphatic rings. The van der Waals surface area contributed by atoms with Crippen molar-refractivity contribution in [1.29, 1.82) is 0 Å². The summed E-state index contributed by atoms with van der Waals surface area (Å²) in [6.45, 7) is 8.38. The Balaban J connectivity index is 1.73. The lowest BCUT2D eigenvalue weighted by Crippen LogP contribution is -2.56. The molecule has 1 N–H and O–H groups in total. The summed E-state index contributed by atoms with van der Waals surface area (Å²) in [6, 6.07) is 1.54. The van der Waals surface area contributed by atoms with Crippen LogP contribution in [0.2, 0.25) is 0 Å². The number of nitrogens with one attached hydrogen (secondary N) is 1. The van der Waals surface area contributed by atoms with Gasteiger partial charge in [-0.1, -0.05) is 6.92 Å². The van der Waals surface area contributed by atoms with E-state index in [0.29, 0.717) is 6.04 Å². The number of piperazine rings is 1. The minimum atomic E-state index is 0.689. The lowest BCUT2D eigenvalue weighted by Gasteiger charge is -2.39. The van der Waals surface area contributed by atoms with Crippen molar-refractivity contribution >= 4 is 11.8 Å². The van der Waals surface area contributed by atoms with Crippen LogP contribution in [0.1, 0.15) is 33.1 Å². The molecule has 0 aromatic heterocycles. The fraction of sp³-hybridized carbons (Fsp3) is 1.00. The molecule has 2 rings (SSSR count). The third-order valence-corrected chi connectivity index (χ3v) is 4.74. The average molecular weight is 242 g/mol. The van der Waals surface area contributed by atoms with Crippen LogP contribution in [0.25, 0.3) is 0 Å². The highest BCUT2D eigenvalue weighted by Crippen LogP contribution is 2.36. The molecule has 2 unspecified atom stereocenters. The van der Waals surface area contributed by atoms with E-state index in [9.17, 15) is 0 Å². The summed E-state index contributed by atoms with van der Waals surface area (Å²) in [6.07, 6.45) is 4.32. The van der Waals surface area contributed by atoms with Gasteiger partial charge in [-0.2, -0.15) is 11.8 Å². The summed E-state index contributed by atoms with van der Waals surface area (Å²) < 4.78 is 0. The second-order valence-electron chi connectivity index (χ2n) is 5.26. The molecule has 0 bridgehead atoms. The first-order valence-corrected chi connectivity index (χ1v) is 8.02. The van der Waals surface area contributed by atoms with E-state index in [4.69, 9.17) is 0 Å². The Morgan fingerprint density at radius 2 is 2.19 bits per heavy atom. The molecule has 0 amide bonds. The van der Waals surface area contributed by atoms with Crippen molar-refractivity contribution in [3.63, 3.8) is 0 Å². The number of rotatable bonds is 6. The van der Waals surface area contributed by atoms with Crippen LogP contribution in [-0.2, 0) is 0 Å². The molecule has 0 aromatic carbocycles. The normalized spacial score (nSPS) is 31.9. The molecule has 94 valence electrons. The second kappa shape index (κ2) is 6.27. The van der Waals surface area contributed by atoms with E-state index >= 15 is 0 Å². The minimum Gasteiger partial charge on any atom is -0.311 e. The zero-order valence-electron chi connectivity index (χ0n) is 10.7. The SMILES string of the molecule is CCSCCCN1CC(C)NCC1C1CC1. The van der Waals surface area contributed by atoms with E-state index in [1.807, 2.05) is 0 Å². The third kappa shape index (κ3) is 3.64. The van der Waals surface area contributed by atoms with E-state index in [-0.39, 0.29) is 0 Å². The highest BCUT2D eigenvalue weighted by Gasteiger charge is 2.37. The maximum absolute atomic E-state index is 3.64. The van der Waals surface area contributed by atoms with Gasteiger partial charge in [-0.25, -0.2) is 0 Å². The lowest BCUT2D eigenvalue weighted by molar-refractivity contribution is 0.120. The molecule has 2 fully saturated rings. The molecule has 1 heterocycles. The van der Waals surface area contributed by atoms with Crippen LogP contribution in [0.5, 0.6) is 0 Å². The predicted octanol–water partition coefficient (Wildman–Crippen LogP) is 2.20. The van der Waals surface area contributed by atoms with E-state index < -0.39 is 0 Å². The van der Waals surface area contributed by atoms with Crippen molar-refractivity contribution in [3.8, 4) is 0 Å². The molecular weight excluding hydrogens is 216 g/mol. The maximum atomic E-state index is 3.64. The maximum Gasteiger partial charge on any atom is 0.0249 e. The Morgan fingerprint density at radius 1 is 1.38 bits per heavy atom. The van der Waals surface area contributed by atoms with Gasteiger partial charge < -0.3 is 5.32 Å². The zero-order chi connectivity index (χ0) is 11.4. The van der Waals surface area contributed by atoms with E-state index in [1.165, 1.54) is 50.4 Å². The van der Waals surface area contributed by atoms with Crippen LogP contribution in [0.15, 0.2) is 0 Å². The molecule has 0 aromatic rings. The molecule has 1 saturated heterocycles. The molecule has 0 spiro atoms. The first kappa shape index (κ1) is 12.7. The van der Waals surface area contributed by atoms with Gasteiger partial charge in [-0.15, -0.1) is 0 Å². The first-order chi connectivity index (χ1) is 7.81. The van der Waals surface area contributed by atoms with Crippen molar-refractivity contribution in [3.05, 3.63) is 0 Å². The summed E-state index contributed by atoms with van der Waals surface area (Å²) in [5.41, 5.74) is 0. The first-order valence-electron chi connectivity index (χ1n) is 6.86. The summed E-state index contributed by atoms with van der Waals surface area (Å²) in [4.78, 5) is 2.76. The average Bonchev–Trinajstić information content (AvgIpc) is 3.08. The van der Waals surface area contributed by atoms with Crippen LogP contribution in [-0.4, -0.2) is 48.1 Å². The molecule has 1 aliphatic carbocycles. The smallest absolute Gasteiger partial charge is 0.0249 e. The predicted molar refractivity (Wildman–Crippen MR) is 73.2 cm³/mol. The summed E-state index contributed by atoms with van der Waals surface area (Å²) in [7, 11) is 0. The quantitative estimate of drug-likeness (QED) is 0.719. The lowest BCUT2D eigenvalue weighted by atomic mass is 10.1.